The zero-order valence-corrected chi connectivity index (χ0v) is 21.8. The topological polar surface area (TPSA) is 200 Å². The summed E-state index contributed by atoms with van der Waals surface area (Å²) in [6.45, 7) is 6.43. The van der Waals surface area contributed by atoms with Crippen LogP contribution < -0.4 is 15.8 Å². The van der Waals surface area contributed by atoms with Gasteiger partial charge in [-0.15, -0.1) is 5.10 Å². The lowest BCUT2D eigenvalue weighted by Crippen LogP contribution is -2.60. The number of H-pyrrole nitrogens is 1. The van der Waals surface area contributed by atoms with E-state index in [1.807, 2.05) is 38.1 Å². The van der Waals surface area contributed by atoms with Crippen LogP contribution in [-0.4, -0.2) is 85.3 Å². The zero-order chi connectivity index (χ0) is 28.2. The smallest absolute Gasteiger partial charge is 0.244 e. The number of primary amides is 1. The van der Waals surface area contributed by atoms with Gasteiger partial charge in [-0.25, -0.2) is 0 Å². The maximum Gasteiger partial charge on any atom is 0.244 e. The van der Waals surface area contributed by atoms with Crippen LogP contribution in [0.4, 0.5) is 0 Å². The van der Waals surface area contributed by atoms with Crippen LogP contribution in [0.2, 0.25) is 0 Å². The Balaban J connectivity index is 1.74. The fraction of sp³-hybridized carbons (Fsp3) is 0.500. The van der Waals surface area contributed by atoms with E-state index in [9.17, 15) is 30.0 Å². The monoisotopic (exact) mass is 532 g/mol. The summed E-state index contributed by atoms with van der Waals surface area (Å²) < 4.78 is 11.3. The van der Waals surface area contributed by atoms with Crippen LogP contribution in [0.3, 0.4) is 0 Å². The van der Waals surface area contributed by atoms with Gasteiger partial charge in [0.2, 0.25) is 24.0 Å². The van der Waals surface area contributed by atoms with Gasteiger partial charge in [0.1, 0.15) is 30.0 Å². The standard InChI is InChI=1S/C26H36N4O8/c1-13(2)19-16(23(30-29-19)38-24-22(35)21(34)20(33)17(12-31)37-24)11-15-7-5-14(6-8-15)9-10-18(32)28-26(3,4)25(27)36/h5-10,13,17,20-22,24,31,33-35H,11-12H2,1-4H3,(H2,27,36)(H,28,32)(H,29,30)/b10-9+/t17-,20-,21+,22-,24+/m1/s1. The Bertz CT molecular complexity index is 1140. The number of amides is 2. The number of carbonyl (C=O) groups is 2. The summed E-state index contributed by atoms with van der Waals surface area (Å²) in [4.78, 5) is 23.5. The van der Waals surface area contributed by atoms with Crippen LogP contribution in [0.15, 0.2) is 30.3 Å². The fourth-order valence-electron chi connectivity index (χ4n) is 3.92. The van der Waals surface area contributed by atoms with Crippen molar-refractivity contribution >= 4 is 17.9 Å². The molecule has 208 valence electrons. The zero-order valence-electron chi connectivity index (χ0n) is 21.8. The lowest BCUT2D eigenvalue weighted by atomic mass is 9.98. The second-order valence-corrected chi connectivity index (χ2v) is 10.1. The van der Waals surface area contributed by atoms with Gasteiger partial charge in [0.15, 0.2) is 0 Å². The molecule has 5 atom stereocenters. The lowest BCUT2D eigenvalue weighted by molar-refractivity contribution is -0.278. The Labute approximate surface area is 220 Å². The summed E-state index contributed by atoms with van der Waals surface area (Å²) in [5.74, 6) is -0.864. The van der Waals surface area contributed by atoms with Gasteiger partial charge >= 0.3 is 0 Å². The Kier molecular flexibility index (Phi) is 9.28. The Morgan fingerprint density at radius 2 is 1.84 bits per heavy atom. The Morgan fingerprint density at radius 1 is 1.18 bits per heavy atom. The quantitative estimate of drug-likeness (QED) is 0.201. The van der Waals surface area contributed by atoms with Crippen molar-refractivity contribution in [3.8, 4) is 5.88 Å². The number of aliphatic hydroxyl groups is 4. The first-order valence-corrected chi connectivity index (χ1v) is 12.3. The third-order valence-electron chi connectivity index (χ3n) is 6.35. The van der Waals surface area contributed by atoms with E-state index in [-0.39, 0.29) is 11.8 Å². The molecule has 0 bridgehead atoms. The second-order valence-electron chi connectivity index (χ2n) is 10.1. The molecule has 12 nitrogen and oxygen atoms in total. The molecule has 1 aliphatic heterocycles. The average Bonchev–Trinajstić information content (AvgIpc) is 3.25. The molecular weight excluding hydrogens is 496 g/mol. The number of nitrogens with two attached hydrogens (primary N) is 1. The number of nitrogens with one attached hydrogen (secondary N) is 2. The van der Waals surface area contributed by atoms with Gasteiger partial charge in [0.25, 0.3) is 0 Å². The van der Waals surface area contributed by atoms with E-state index in [4.69, 9.17) is 15.2 Å². The van der Waals surface area contributed by atoms with Crippen molar-refractivity contribution in [2.75, 3.05) is 6.61 Å². The van der Waals surface area contributed by atoms with E-state index in [0.29, 0.717) is 12.0 Å². The second kappa shape index (κ2) is 12.0. The molecular formula is C26H36N4O8. The maximum absolute atomic E-state index is 12.1. The summed E-state index contributed by atoms with van der Waals surface area (Å²) in [5, 5.41) is 49.6. The number of hydrogen-bond donors (Lipinski definition) is 7. The van der Waals surface area contributed by atoms with Gasteiger partial charge < -0.3 is 41.0 Å². The molecule has 1 aliphatic rings. The molecule has 2 aromatic rings. The van der Waals surface area contributed by atoms with E-state index in [0.717, 1.165) is 16.8 Å². The molecule has 1 aromatic heterocycles. The number of aliphatic hydroxyl groups excluding tert-OH is 4. The largest absolute Gasteiger partial charge is 0.443 e. The van der Waals surface area contributed by atoms with Crippen molar-refractivity contribution in [3.63, 3.8) is 0 Å². The summed E-state index contributed by atoms with van der Waals surface area (Å²) in [7, 11) is 0. The molecule has 38 heavy (non-hydrogen) atoms. The van der Waals surface area contributed by atoms with Crippen molar-refractivity contribution < 1.29 is 39.5 Å². The number of rotatable bonds is 10. The summed E-state index contributed by atoms with van der Waals surface area (Å²) >= 11 is 0. The molecule has 1 aromatic carbocycles. The average molecular weight is 533 g/mol. The first kappa shape index (κ1) is 29.3. The third-order valence-corrected chi connectivity index (χ3v) is 6.35. The van der Waals surface area contributed by atoms with Crippen molar-refractivity contribution in [2.24, 2.45) is 5.73 Å². The molecule has 1 fully saturated rings. The highest BCUT2D eigenvalue weighted by atomic mass is 16.7. The molecule has 0 aliphatic carbocycles. The number of aromatic amines is 1. The molecule has 1 saturated heterocycles. The highest BCUT2D eigenvalue weighted by molar-refractivity contribution is 5.96. The summed E-state index contributed by atoms with van der Waals surface area (Å²) in [6, 6.07) is 7.40. The van der Waals surface area contributed by atoms with Crippen LogP contribution in [0, 0.1) is 0 Å². The number of nitrogens with zero attached hydrogens (tertiary/aromatic N) is 1. The predicted molar refractivity (Wildman–Crippen MR) is 137 cm³/mol. The highest BCUT2D eigenvalue weighted by Gasteiger charge is 2.45. The number of hydrogen-bond acceptors (Lipinski definition) is 9. The van der Waals surface area contributed by atoms with E-state index in [1.54, 1.807) is 6.08 Å². The van der Waals surface area contributed by atoms with Crippen LogP contribution in [0.25, 0.3) is 6.08 Å². The molecule has 2 amide bonds. The Morgan fingerprint density at radius 3 is 2.42 bits per heavy atom. The first-order valence-electron chi connectivity index (χ1n) is 12.3. The molecule has 0 radical (unpaired) electrons. The number of carbonyl (C=O) groups excluding carboxylic acids is 2. The number of benzene rings is 1. The summed E-state index contributed by atoms with van der Waals surface area (Å²) in [6.07, 6.45) is -3.73. The summed E-state index contributed by atoms with van der Waals surface area (Å²) in [5.41, 5.74) is 7.30. The fourth-order valence-corrected chi connectivity index (χ4v) is 3.92. The lowest BCUT2D eigenvalue weighted by Gasteiger charge is -2.39. The maximum atomic E-state index is 12.1. The normalized spacial score (nSPS) is 24.1. The minimum atomic E-state index is -1.57. The van der Waals surface area contributed by atoms with E-state index in [1.165, 1.54) is 19.9 Å². The van der Waals surface area contributed by atoms with E-state index < -0.39 is 54.7 Å². The number of aromatic nitrogens is 2. The van der Waals surface area contributed by atoms with Gasteiger partial charge in [-0.05, 0) is 37.0 Å². The van der Waals surface area contributed by atoms with Crippen LogP contribution in [-0.2, 0) is 20.7 Å². The molecule has 8 N–H and O–H groups in total. The van der Waals surface area contributed by atoms with Crippen LogP contribution >= 0.6 is 0 Å². The predicted octanol–water partition coefficient (Wildman–Crippen LogP) is -0.304. The van der Waals surface area contributed by atoms with E-state index in [2.05, 4.69) is 15.5 Å². The van der Waals surface area contributed by atoms with Crippen LogP contribution in [0.5, 0.6) is 5.88 Å². The molecule has 2 heterocycles. The van der Waals surface area contributed by atoms with Crippen molar-refractivity contribution in [2.45, 2.75) is 76.3 Å². The van der Waals surface area contributed by atoms with Crippen molar-refractivity contribution in [1.29, 1.82) is 0 Å². The van der Waals surface area contributed by atoms with Gasteiger partial charge in [0, 0.05) is 23.8 Å². The molecule has 0 unspecified atom stereocenters. The van der Waals surface area contributed by atoms with Gasteiger partial charge in [-0.1, -0.05) is 38.1 Å². The van der Waals surface area contributed by atoms with Gasteiger partial charge in [-0.3, -0.25) is 14.7 Å². The Hall–Kier alpha value is -3.29. The van der Waals surface area contributed by atoms with Crippen molar-refractivity contribution in [1.82, 2.24) is 15.5 Å². The molecule has 3 rings (SSSR count). The SMILES string of the molecule is CC(C)c1[nH]nc(O[C@@H]2O[C@H](CO)[C@@H](O)[C@H](O)[C@H]2O)c1Cc1ccc(/C=C/C(=O)NC(C)(C)C(N)=O)cc1. The minimum Gasteiger partial charge on any atom is -0.443 e. The third kappa shape index (κ3) is 6.77. The molecule has 0 spiro atoms. The highest BCUT2D eigenvalue weighted by Crippen LogP contribution is 2.31. The first-order chi connectivity index (χ1) is 17.8. The van der Waals surface area contributed by atoms with Crippen LogP contribution in [0.1, 0.15) is 56.0 Å². The van der Waals surface area contributed by atoms with Gasteiger partial charge in [-0.2, -0.15) is 0 Å². The minimum absolute atomic E-state index is 0.0648. The van der Waals surface area contributed by atoms with Crippen molar-refractivity contribution in [3.05, 3.63) is 52.7 Å². The van der Waals surface area contributed by atoms with Gasteiger partial charge in [0.05, 0.1) is 6.61 Å². The number of ether oxygens (including phenoxy) is 2. The molecule has 12 heteroatoms. The van der Waals surface area contributed by atoms with E-state index >= 15 is 0 Å². The molecule has 0 saturated carbocycles.